The highest BCUT2D eigenvalue weighted by atomic mass is 32.2. The first-order chi connectivity index (χ1) is 14.7. The van der Waals surface area contributed by atoms with Gasteiger partial charge in [-0.2, -0.15) is 0 Å². The molecule has 1 aromatic heterocycles. The normalized spacial score (nSPS) is 11.4. The van der Waals surface area contributed by atoms with Crippen molar-refractivity contribution in [3.05, 3.63) is 65.7 Å². The Hall–Kier alpha value is -3.71. The highest BCUT2D eigenvalue weighted by molar-refractivity contribution is 7.89. The summed E-state index contributed by atoms with van der Waals surface area (Å²) in [6.07, 6.45) is 1.38. The van der Waals surface area contributed by atoms with Crippen LogP contribution in [0, 0.1) is 5.82 Å². The summed E-state index contributed by atoms with van der Waals surface area (Å²) in [5.41, 5.74) is 4.49. The summed E-state index contributed by atoms with van der Waals surface area (Å²) in [7, 11) is -3.93. The van der Waals surface area contributed by atoms with E-state index in [2.05, 4.69) is 31.1 Å². The van der Waals surface area contributed by atoms with Gasteiger partial charge >= 0.3 is 0 Å². The molecule has 1 heterocycles. The van der Waals surface area contributed by atoms with Gasteiger partial charge in [-0.25, -0.2) is 22.2 Å². The third kappa shape index (κ3) is 5.26. The summed E-state index contributed by atoms with van der Waals surface area (Å²) in [6, 6.07) is 8.53. The summed E-state index contributed by atoms with van der Waals surface area (Å²) in [5.74, 6) is -2.62. The van der Waals surface area contributed by atoms with Gasteiger partial charge in [0.2, 0.25) is 10.0 Å². The van der Waals surface area contributed by atoms with Gasteiger partial charge in [0.25, 0.3) is 11.8 Å². The first-order valence-electron chi connectivity index (χ1n) is 8.93. The van der Waals surface area contributed by atoms with Crippen LogP contribution >= 0.6 is 0 Å². The van der Waals surface area contributed by atoms with E-state index < -0.39 is 33.2 Å². The maximum atomic E-state index is 14.1. The van der Waals surface area contributed by atoms with Crippen LogP contribution in [0.15, 0.2) is 53.7 Å². The van der Waals surface area contributed by atoms with E-state index >= 15 is 0 Å². The lowest BCUT2D eigenvalue weighted by atomic mass is 10.2. The van der Waals surface area contributed by atoms with Gasteiger partial charge in [0.05, 0.1) is 16.1 Å². The lowest BCUT2D eigenvalue weighted by molar-refractivity contribution is 0.0844. The number of carbonyl (C=O) groups excluding carboxylic acids is 2. The Morgan fingerprint density at radius 3 is 2.32 bits per heavy atom. The molecule has 3 rings (SSSR count). The lowest BCUT2D eigenvalue weighted by Gasteiger charge is -2.12. The van der Waals surface area contributed by atoms with Gasteiger partial charge in [-0.05, 0) is 66.7 Å². The van der Waals surface area contributed by atoms with E-state index in [0.29, 0.717) is 5.69 Å². The molecule has 0 atom stereocenters. The number of sulfonamides is 1. The largest absolute Gasteiger partial charge is 0.272 e. The Morgan fingerprint density at radius 1 is 1.03 bits per heavy atom. The molecule has 2 aromatic carbocycles. The minimum Gasteiger partial charge on any atom is -0.267 e. The molecule has 0 saturated heterocycles. The Morgan fingerprint density at radius 2 is 1.71 bits per heavy atom. The molecule has 0 bridgehead atoms. The van der Waals surface area contributed by atoms with Crippen molar-refractivity contribution in [1.29, 1.82) is 0 Å². The number of hydrazine groups is 1. The van der Waals surface area contributed by atoms with Crippen molar-refractivity contribution >= 4 is 21.8 Å². The van der Waals surface area contributed by atoms with Crippen molar-refractivity contribution in [2.45, 2.75) is 24.8 Å². The second kappa shape index (κ2) is 8.97. The van der Waals surface area contributed by atoms with Crippen LogP contribution in [0.1, 0.15) is 34.6 Å². The molecule has 31 heavy (non-hydrogen) atoms. The highest BCUT2D eigenvalue weighted by Crippen LogP contribution is 2.15. The van der Waals surface area contributed by atoms with Crippen molar-refractivity contribution in [1.82, 2.24) is 35.8 Å². The van der Waals surface area contributed by atoms with Crippen LogP contribution in [0.3, 0.4) is 0 Å². The number of hydrogen-bond donors (Lipinski definition) is 3. The summed E-state index contributed by atoms with van der Waals surface area (Å²) < 4.78 is 42.3. The molecule has 0 aliphatic carbocycles. The average molecular weight is 447 g/mol. The van der Waals surface area contributed by atoms with Crippen molar-refractivity contribution in [3.8, 4) is 5.69 Å². The third-order valence-electron chi connectivity index (χ3n) is 3.92. The van der Waals surface area contributed by atoms with E-state index in [9.17, 15) is 22.4 Å². The van der Waals surface area contributed by atoms with Crippen LogP contribution in [-0.2, 0) is 10.0 Å². The molecule has 0 spiro atoms. The maximum absolute atomic E-state index is 14.1. The van der Waals surface area contributed by atoms with E-state index in [-0.39, 0.29) is 16.5 Å². The fourth-order valence-electron chi connectivity index (χ4n) is 2.52. The van der Waals surface area contributed by atoms with Gasteiger partial charge in [0.15, 0.2) is 0 Å². The zero-order chi connectivity index (χ0) is 22.6. The maximum Gasteiger partial charge on any atom is 0.272 e. The first kappa shape index (κ1) is 22.0. The number of benzene rings is 2. The molecule has 0 fully saturated rings. The molecule has 0 radical (unpaired) electrons. The Balaban J connectivity index is 1.69. The van der Waals surface area contributed by atoms with Crippen LogP contribution in [0.4, 0.5) is 4.39 Å². The van der Waals surface area contributed by atoms with E-state index in [1.807, 2.05) is 0 Å². The Kier molecular flexibility index (Phi) is 6.36. The number of rotatable bonds is 6. The Labute approximate surface area is 176 Å². The summed E-state index contributed by atoms with van der Waals surface area (Å²) in [4.78, 5) is 24.3. The summed E-state index contributed by atoms with van der Waals surface area (Å²) in [5, 5.41) is 10.7. The van der Waals surface area contributed by atoms with E-state index in [4.69, 9.17) is 0 Å². The average Bonchev–Trinajstić information content (AvgIpc) is 3.26. The minimum atomic E-state index is -3.93. The number of amides is 2. The van der Waals surface area contributed by atoms with Crippen molar-refractivity contribution in [2.24, 2.45) is 0 Å². The van der Waals surface area contributed by atoms with Gasteiger partial charge < -0.3 is 0 Å². The third-order valence-corrected chi connectivity index (χ3v) is 5.57. The first-order valence-corrected chi connectivity index (χ1v) is 10.4. The van der Waals surface area contributed by atoms with Crippen molar-refractivity contribution < 1.29 is 22.4 Å². The minimum absolute atomic E-state index is 0.204. The van der Waals surface area contributed by atoms with E-state index in [0.717, 1.165) is 18.2 Å². The molecule has 0 aliphatic rings. The van der Waals surface area contributed by atoms with Gasteiger partial charge in [-0.3, -0.25) is 20.4 Å². The van der Waals surface area contributed by atoms with Crippen LogP contribution in [0.5, 0.6) is 0 Å². The molecular weight excluding hydrogens is 429 g/mol. The zero-order valence-corrected chi connectivity index (χ0v) is 17.2. The Bertz CT molecular complexity index is 1200. The molecule has 11 nitrogen and oxygen atoms in total. The van der Waals surface area contributed by atoms with Crippen LogP contribution in [0.2, 0.25) is 0 Å². The van der Waals surface area contributed by atoms with Crippen LogP contribution in [-0.4, -0.2) is 46.5 Å². The van der Waals surface area contributed by atoms with Gasteiger partial charge in [-0.15, -0.1) is 5.10 Å². The standard InChI is InChI=1S/C18H18FN7O4S/c1-11(2)23-31(29,30)14-7-8-16(19)15(9-14)18(28)22-21-17(27)12-3-5-13(6-4-12)26-10-20-24-25-26/h3-11,23H,1-2H3,(H,21,27)(H,22,28). The van der Waals surface area contributed by atoms with E-state index in [1.54, 1.807) is 26.0 Å². The molecule has 13 heteroatoms. The smallest absolute Gasteiger partial charge is 0.267 e. The molecule has 0 unspecified atom stereocenters. The fourth-order valence-corrected chi connectivity index (χ4v) is 3.80. The number of halogens is 1. The van der Waals surface area contributed by atoms with Crippen LogP contribution in [0.25, 0.3) is 5.69 Å². The van der Waals surface area contributed by atoms with Gasteiger partial charge in [-0.1, -0.05) is 0 Å². The SMILES string of the molecule is CC(C)NS(=O)(=O)c1ccc(F)c(C(=O)NNC(=O)c2ccc(-n3cnnn3)cc2)c1. The summed E-state index contributed by atoms with van der Waals surface area (Å²) >= 11 is 0. The monoisotopic (exact) mass is 447 g/mol. The molecule has 0 aliphatic heterocycles. The lowest BCUT2D eigenvalue weighted by Crippen LogP contribution is -2.42. The number of hydrogen-bond acceptors (Lipinski definition) is 7. The molecule has 3 aromatic rings. The van der Waals surface area contributed by atoms with Crippen molar-refractivity contribution in [3.63, 3.8) is 0 Å². The molecule has 3 N–H and O–H groups in total. The second-order valence-electron chi connectivity index (χ2n) is 6.63. The number of aromatic nitrogens is 4. The van der Waals surface area contributed by atoms with Crippen molar-refractivity contribution in [2.75, 3.05) is 0 Å². The number of carbonyl (C=O) groups is 2. The predicted octanol–water partition coefficient (Wildman–Crippen LogP) is 0.563. The molecule has 0 saturated carbocycles. The van der Waals surface area contributed by atoms with Gasteiger partial charge in [0.1, 0.15) is 12.1 Å². The molecule has 162 valence electrons. The molecular formula is C18H18FN7O4S. The highest BCUT2D eigenvalue weighted by Gasteiger charge is 2.20. The van der Waals surface area contributed by atoms with Crippen LogP contribution < -0.4 is 15.6 Å². The second-order valence-corrected chi connectivity index (χ2v) is 8.34. The quantitative estimate of drug-likeness (QED) is 0.468. The van der Waals surface area contributed by atoms with E-state index in [1.165, 1.54) is 23.1 Å². The summed E-state index contributed by atoms with van der Waals surface area (Å²) in [6.45, 7) is 3.25. The molecule has 2 amide bonds. The number of nitrogens with one attached hydrogen (secondary N) is 3. The zero-order valence-electron chi connectivity index (χ0n) is 16.4. The number of nitrogens with zero attached hydrogens (tertiary/aromatic N) is 4. The fraction of sp³-hybridized carbons (Fsp3) is 0.167. The topological polar surface area (TPSA) is 148 Å². The predicted molar refractivity (Wildman–Crippen MR) is 106 cm³/mol. The number of tetrazole rings is 1. The van der Waals surface area contributed by atoms with Gasteiger partial charge in [0, 0.05) is 11.6 Å².